The van der Waals surface area contributed by atoms with Crippen molar-refractivity contribution in [3.8, 4) is 5.75 Å². The van der Waals surface area contributed by atoms with E-state index in [0.29, 0.717) is 12.2 Å². The molecule has 156 valence electrons. The maximum atomic E-state index is 11.9. The molecular weight excluding hydrogens is 356 g/mol. The maximum Gasteiger partial charge on any atom is 0.309 e. The Morgan fingerprint density at radius 2 is 1.04 bits per heavy atom. The van der Waals surface area contributed by atoms with Crippen LogP contribution in [0.5, 0.6) is 5.75 Å². The van der Waals surface area contributed by atoms with Gasteiger partial charge in [-0.15, -0.1) is 0 Å². The van der Waals surface area contributed by atoms with Crippen LogP contribution >= 0.6 is 0 Å². The van der Waals surface area contributed by atoms with Gasteiger partial charge in [-0.1, -0.05) is 115 Å². The Bertz CT molecular complexity index is 540. The molecule has 0 bridgehead atoms. The standard InChI is InChI=1S/C23H40O3S/c1-2-3-4-5-6-7-8-9-10-11-12-13-14-15-19-22-27(24,25)26-23-20-17-16-18-21-23/h16-18,20-21H,2-15,19,22H2,1H3. The molecule has 0 saturated carbocycles. The van der Waals surface area contributed by atoms with Crippen molar-refractivity contribution >= 4 is 10.1 Å². The Morgan fingerprint density at radius 3 is 1.48 bits per heavy atom. The number of benzene rings is 1. The summed E-state index contributed by atoms with van der Waals surface area (Å²) >= 11 is 0. The molecule has 0 radical (unpaired) electrons. The van der Waals surface area contributed by atoms with Crippen LogP contribution in [0.1, 0.15) is 103 Å². The predicted molar refractivity (Wildman–Crippen MR) is 116 cm³/mol. The SMILES string of the molecule is CCCCCCCCCCCCCCCCCS(=O)(=O)Oc1ccccc1. The highest BCUT2D eigenvalue weighted by Gasteiger charge is 2.11. The minimum atomic E-state index is -3.45. The largest absolute Gasteiger partial charge is 0.382 e. The molecule has 1 aromatic rings. The third-order valence-corrected chi connectivity index (χ3v) is 6.20. The van der Waals surface area contributed by atoms with Crippen molar-refractivity contribution in [1.29, 1.82) is 0 Å². The molecule has 0 aliphatic carbocycles. The summed E-state index contributed by atoms with van der Waals surface area (Å²) in [5.41, 5.74) is 0. The minimum Gasteiger partial charge on any atom is -0.382 e. The molecule has 0 spiro atoms. The second-order valence-corrected chi connectivity index (χ2v) is 9.30. The van der Waals surface area contributed by atoms with Crippen LogP contribution in [-0.2, 0) is 10.1 Å². The van der Waals surface area contributed by atoms with Gasteiger partial charge in [0.15, 0.2) is 0 Å². The summed E-state index contributed by atoms with van der Waals surface area (Å²) < 4.78 is 28.9. The van der Waals surface area contributed by atoms with E-state index in [1.807, 2.05) is 6.07 Å². The molecule has 0 unspecified atom stereocenters. The Hall–Kier alpha value is -1.03. The Labute approximate surface area is 168 Å². The number of hydrogen-bond acceptors (Lipinski definition) is 3. The summed E-state index contributed by atoms with van der Waals surface area (Å²) in [5.74, 6) is 0.513. The minimum absolute atomic E-state index is 0.111. The van der Waals surface area contributed by atoms with Crippen LogP contribution in [0.4, 0.5) is 0 Å². The van der Waals surface area contributed by atoms with Crippen LogP contribution in [0.15, 0.2) is 30.3 Å². The van der Waals surface area contributed by atoms with E-state index in [0.717, 1.165) is 12.8 Å². The summed E-state index contributed by atoms with van der Waals surface area (Å²) in [7, 11) is -3.45. The molecule has 3 nitrogen and oxygen atoms in total. The average molecular weight is 397 g/mol. The highest BCUT2D eigenvalue weighted by molar-refractivity contribution is 7.87. The second-order valence-electron chi connectivity index (χ2n) is 7.61. The maximum absolute atomic E-state index is 11.9. The lowest BCUT2D eigenvalue weighted by atomic mass is 10.0. The molecule has 0 aromatic heterocycles. The van der Waals surface area contributed by atoms with Gasteiger partial charge in [0.05, 0.1) is 5.75 Å². The van der Waals surface area contributed by atoms with Gasteiger partial charge in [-0.05, 0) is 18.6 Å². The predicted octanol–water partition coefficient (Wildman–Crippen LogP) is 7.27. The van der Waals surface area contributed by atoms with Crippen LogP contribution in [-0.4, -0.2) is 14.2 Å². The topological polar surface area (TPSA) is 43.4 Å². The first-order valence-electron chi connectivity index (χ1n) is 11.1. The lowest BCUT2D eigenvalue weighted by Gasteiger charge is -2.06. The van der Waals surface area contributed by atoms with Crippen molar-refractivity contribution in [2.45, 2.75) is 103 Å². The normalized spacial score (nSPS) is 11.6. The molecule has 1 aromatic carbocycles. The first kappa shape index (κ1) is 24.0. The van der Waals surface area contributed by atoms with Crippen LogP contribution < -0.4 is 4.18 Å². The Kier molecular flexibility index (Phi) is 14.2. The molecule has 1 rings (SSSR count). The van der Waals surface area contributed by atoms with Crippen LogP contribution in [0, 0.1) is 0 Å². The van der Waals surface area contributed by atoms with Crippen molar-refractivity contribution in [1.82, 2.24) is 0 Å². The molecule has 0 atom stereocenters. The van der Waals surface area contributed by atoms with E-state index in [1.165, 1.54) is 77.0 Å². The van der Waals surface area contributed by atoms with Crippen LogP contribution in [0.3, 0.4) is 0 Å². The van der Waals surface area contributed by atoms with Gasteiger partial charge >= 0.3 is 10.1 Å². The number of rotatable bonds is 18. The monoisotopic (exact) mass is 396 g/mol. The van der Waals surface area contributed by atoms with Gasteiger partial charge < -0.3 is 4.18 Å². The van der Waals surface area contributed by atoms with Gasteiger partial charge in [0.1, 0.15) is 5.75 Å². The number of hydrogen-bond donors (Lipinski definition) is 0. The van der Waals surface area contributed by atoms with Crippen molar-refractivity contribution in [2.24, 2.45) is 0 Å². The summed E-state index contributed by atoms with van der Waals surface area (Å²) in [6.45, 7) is 2.27. The number of unbranched alkanes of at least 4 members (excludes halogenated alkanes) is 14. The van der Waals surface area contributed by atoms with Crippen molar-refractivity contribution in [3.05, 3.63) is 30.3 Å². The first-order chi connectivity index (χ1) is 13.1. The van der Waals surface area contributed by atoms with Crippen molar-refractivity contribution < 1.29 is 12.6 Å². The first-order valence-corrected chi connectivity index (χ1v) is 12.7. The fraction of sp³-hybridized carbons (Fsp3) is 0.739. The number of para-hydroxylation sites is 1. The third kappa shape index (κ3) is 14.7. The van der Waals surface area contributed by atoms with E-state index in [1.54, 1.807) is 24.3 Å². The van der Waals surface area contributed by atoms with Crippen molar-refractivity contribution in [2.75, 3.05) is 5.75 Å². The summed E-state index contributed by atoms with van der Waals surface area (Å²) in [6.07, 6.45) is 19.1. The highest BCUT2D eigenvalue weighted by atomic mass is 32.2. The van der Waals surface area contributed by atoms with E-state index in [9.17, 15) is 8.42 Å². The van der Waals surface area contributed by atoms with Gasteiger partial charge in [0, 0.05) is 0 Å². The molecule has 0 saturated heterocycles. The molecule has 0 N–H and O–H groups in total. The van der Waals surface area contributed by atoms with Crippen LogP contribution in [0.25, 0.3) is 0 Å². The van der Waals surface area contributed by atoms with Gasteiger partial charge in [0.2, 0.25) is 0 Å². The molecule has 0 aliphatic heterocycles. The van der Waals surface area contributed by atoms with Gasteiger partial charge in [-0.25, -0.2) is 0 Å². The Balaban J connectivity index is 1.86. The van der Waals surface area contributed by atoms with Gasteiger partial charge in [0.25, 0.3) is 0 Å². The molecule has 0 aliphatic rings. The van der Waals surface area contributed by atoms with Gasteiger partial charge in [-0.3, -0.25) is 0 Å². The van der Waals surface area contributed by atoms with E-state index in [-0.39, 0.29) is 5.75 Å². The van der Waals surface area contributed by atoms with E-state index in [4.69, 9.17) is 4.18 Å². The van der Waals surface area contributed by atoms with E-state index in [2.05, 4.69) is 6.92 Å². The fourth-order valence-corrected chi connectivity index (χ4v) is 4.36. The molecule has 27 heavy (non-hydrogen) atoms. The third-order valence-electron chi connectivity index (χ3n) is 4.96. The molecule has 0 fully saturated rings. The molecule has 4 heteroatoms. The summed E-state index contributed by atoms with van der Waals surface area (Å²) in [4.78, 5) is 0. The fourth-order valence-electron chi connectivity index (χ4n) is 3.31. The van der Waals surface area contributed by atoms with Crippen molar-refractivity contribution in [3.63, 3.8) is 0 Å². The quantitative estimate of drug-likeness (QED) is 0.194. The lowest BCUT2D eigenvalue weighted by molar-refractivity contribution is 0.481. The zero-order valence-corrected chi connectivity index (χ0v) is 18.1. The molecular formula is C23H40O3S. The average Bonchev–Trinajstić information content (AvgIpc) is 2.65. The smallest absolute Gasteiger partial charge is 0.309 e. The van der Waals surface area contributed by atoms with Gasteiger partial charge in [-0.2, -0.15) is 8.42 Å². The molecule has 0 amide bonds. The second kappa shape index (κ2) is 16.0. The zero-order valence-electron chi connectivity index (χ0n) is 17.3. The Morgan fingerprint density at radius 1 is 0.630 bits per heavy atom. The summed E-state index contributed by atoms with van der Waals surface area (Å²) in [6, 6.07) is 8.74. The highest BCUT2D eigenvalue weighted by Crippen LogP contribution is 2.15. The lowest BCUT2D eigenvalue weighted by Crippen LogP contribution is -2.13. The summed E-state index contributed by atoms with van der Waals surface area (Å²) in [5, 5.41) is 0. The molecule has 0 heterocycles. The van der Waals surface area contributed by atoms with E-state index >= 15 is 0 Å². The van der Waals surface area contributed by atoms with Crippen LogP contribution in [0.2, 0.25) is 0 Å². The van der Waals surface area contributed by atoms with E-state index < -0.39 is 10.1 Å². The zero-order chi connectivity index (χ0) is 19.6.